The molecule has 2 aliphatic rings. The van der Waals surface area contributed by atoms with E-state index in [0.717, 1.165) is 19.2 Å². The van der Waals surface area contributed by atoms with Crippen molar-refractivity contribution in [3.05, 3.63) is 30.0 Å². The summed E-state index contributed by atoms with van der Waals surface area (Å²) in [6, 6.07) is 5.46. The van der Waals surface area contributed by atoms with Gasteiger partial charge >= 0.3 is 0 Å². The van der Waals surface area contributed by atoms with Crippen LogP contribution >= 0.6 is 0 Å². The number of carbonyl (C=O) groups excluding carboxylic acids is 1. The van der Waals surface area contributed by atoms with Gasteiger partial charge in [-0.25, -0.2) is 4.98 Å². The van der Waals surface area contributed by atoms with Gasteiger partial charge in [0, 0.05) is 30.6 Å². The standard InChI is InChI=1S/C24H32N8O2/c1-24(2)13-31(16-7-5-6-8-16)20-18(32(14-25)22(24)26)12-28-23(30-20)29-17-10-9-15(21(33)27-3)11-19(17)34-4/h9-12,14,16,25-26H,5-8,13H2,1-4H3,(H,27,33)(H,28,29,30). The van der Waals surface area contributed by atoms with Gasteiger partial charge < -0.3 is 20.3 Å². The SMILES string of the molecule is CNC(=O)c1ccc(Nc2ncc3c(n2)N(C2CCCC2)CC(C)(C)C(=N)N3C=N)c(OC)c1. The third kappa shape index (κ3) is 4.27. The molecule has 4 rings (SSSR count). The molecule has 10 nitrogen and oxygen atoms in total. The molecule has 1 aromatic carbocycles. The summed E-state index contributed by atoms with van der Waals surface area (Å²) in [5.41, 5.74) is 1.29. The van der Waals surface area contributed by atoms with Crippen molar-refractivity contribution < 1.29 is 9.53 Å². The number of amides is 1. The molecule has 4 N–H and O–H groups in total. The number of hydrogen-bond donors (Lipinski definition) is 4. The van der Waals surface area contributed by atoms with Crippen molar-refractivity contribution in [1.29, 1.82) is 10.8 Å². The Morgan fingerprint density at radius 1 is 1.29 bits per heavy atom. The molecule has 180 valence electrons. The number of methoxy groups -OCH3 is 1. The number of rotatable bonds is 6. The summed E-state index contributed by atoms with van der Waals surface area (Å²) in [4.78, 5) is 25.2. The number of amidine groups is 1. The quantitative estimate of drug-likeness (QED) is 0.378. The Bertz CT molecular complexity index is 1110. The largest absolute Gasteiger partial charge is 0.495 e. The highest BCUT2D eigenvalue weighted by Gasteiger charge is 2.40. The zero-order chi connectivity index (χ0) is 24.5. The smallest absolute Gasteiger partial charge is 0.251 e. The van der Waals surface area contributed by atoms with Crippen LogP contribution in [0.25, 0.3) is 0 Å². The van der Waals surface area contributed by atoms with E-state index >= 15 is 0 Å². The summed E-state index contributed by atoms with van der Waals surface area (Å²) in [6.07, 6.45) is 7.34. The zero-order valence-corrected chi connectivity index (χ0v) is 20.1. The maximum Gasteiger partial charge on any atom is 0.251 e. The van der Waals surface area contributed by atoms with Crippen molar-refractivity contribution in [2.45, 2.75) is 45.6 Å². The third-order valence-corrected chi connectivity index (χ3v) is 6.56. The number of anilines is 4. The molecule has 0 unspecified atom stereocenters. The van der Waals surface area contributed by atoms with E-state index in [1.165, 1.54) is 12.8 Å². The van der Waals surface area contributed by atoms with Gasteiger partial charge in [0.1, 0.15) is 17.3 Å². The number of benzene rings is 1. The number of fused-ring (bicyclic) bond motifs is 1. The van der Waals surface area contributed by atoms with E-state index in [1.54, 1.807) is 43.5 Å². The van der Waals surface area contributed by atoms with E-state index in [2.05, 4.69) is 20.5 Å². The number of nitrogens with zero attached hydrogens (tertiary/aromatic N) is 4. The van der Waals surface area contributed by atoms with Crippen LogP contribution in [0.1, 0.15) is 49.9 Å². The summed E-state index contributed by atoms with van der Waals surface area (Å²) < 4.78 is 5.49. The lowest BCUT2D eigenvalue weighted by molar-refractivity contribution is 0.0963. The first-order valence-corrected chi connectivity index (χ1v) is 11.5. The van der Waals surface area contributed by atoms with Gasteiger partial charge in [0.15, 0.2) is 5.82 Å². The minimum Gasteiger partial charge on any atom is -0.495 e. The fourth-order valence-electron chi connectivity index (χ4n) is 4.68. The Kier molecular flexibility index (Phi) is 6.41. The molecule has 1 amide bonds. The average molecular weight is 465 g/mol. The Labute approximate surface area is 199 Å². The molecule has 0 spiro atoms. The zero-order valence-electron chi connectivity index (χ0n) is 20.1. The predicted octanol–water partition coefficient (Wildman–Crippen LogP) is 3.77. The summed E-state index contributed by atoms with van der Waals surface area (Å²) in [7, 11) is 3.13. The van der Waals surface area contributed by atoms with Gasteiger partial charge in [0.25, 0.3) is 5.91 Å². The number of nitrogens with one attached hydrogen (secondary N) is 4. The Balaban J connectivity index is 1.75. The van der Waals surface area contributed by atoms with E-state index in [-0.39, 0.29) is 5.91 Å². The van der Waals surface area contributed by atoms with Gasteiger partial charge in [-0.15, -0.1) is 0 Å². The average Bonchev–Trinajstić information content (AvgIpc) is 3.35. The Hall–Kier alpha value is -3.69. The van der Waals surface area contributed by atoms with Crippen LogP contribution in [-0.2, 0) is 0 Å². The van der Waals surface area contributed by atoms with Crippen LogP contribution in [0.4, 0.5) is 23.1 Å². The molecule has 0 saturated heterocycles. The highest BCUT2D eigenvalue weighted by atomic mass is 16.5. The van der Waals surface area contributed by atoms with Gasteiger partial charge in [-0.05, 0) is 31.0 Å². The maximum atomic E-state index is 12.0. The second-order valence-corrected chi connectivity index (χ2v) is 9.32. The summed E-state index contributed by atoms with van der Waals surface area (Å²) >= 11 is 0. The number of ether oxygens (including phenoxy) is 1. The maximum absolute atomic E-state index is 12.0. The van der Waals surface area contributed by atoms with Gasteiger partial charge in [-0.2, -0.15) is 4.98 Å². The van der Waals surface area contributed by atoms with Gasteiger partial charge in [-0.1, -0.05) is 26.7 Å². The van der Waals surface area contributed by atoms with E-state index in [1.807, 2.05) is 13.8 Å². The van der Waals surface area contributed by atoms with Crippen LogP contribution in [0.2, 0.25) is 0 Å². The van der Waals surface area contributed by atoms with Crippen LogP contribution in [0, 0.1) is 16.2 Å². The number of hydrogen-bond acceptors (Lipinski definition) is 8. The highest BCUT2D eigenvalue weighted by molar-refractivity contribution is 6.14. The van der Waals surface area contributed by atoms with Gasteiger partial charge in [0.05, 0.1) is 25.3 Å². The Morgan fingerprint density at radius 2 is 2.03 bits per heavy atom. The highest BCUT2D eigenvalue weighted by Crippen LogP contribution is 2.41. The molecule has 1 aliphatic carbocycles. The van der Waals surface area contributed by atoms with E-state index in [4.69, 9.17) is 20.5 Å². The summed E-state index contributed by atoms with van der Waals surface area (Å²) in [6.45, 7) is 4.70. The van der Waals surface area contributed by atoms with Crippen LogP contribution in [0.3, 0.4) is 0 Å². The predicted molar refractivity (Wildman–Crippen MR) is 134 cm³/mol. The first kappa shape index (κ1) is 23.5. The molecule has 0 bridgehead atoms. The fourth-order valence-corrected chi connectivity index (χ4v) is 4.68. The molecule has 0 atom stereocenters. The minimum absolute atomic E-state index is 0.199. The molecule has 1 aromatic heterocycles. The second kappa shape index (κ2) is 9.28. The van der Waals surface area contributed by atoms with Crippen molar-refractivity contribution in [2.24, 2.45) is 5.41 Å². The van der Waals surface area contributed by atoms with Gasteiger partial charge in [0.2, 0.25) is 5.95 Å². The number of carbonyl (C=O) groups is 1. The van der Waals surface area contributed by atoms with E-state index in [0.29, 0.717) is 52.9 Å². The van der Waals surface area contributed by atoms with Crippen molar-refractivity contribution in [3.63, 3.8) is 0 Å². The van der Waals surface area contributed by atoms with E-state index in [9.17, 15) is 4.79 Å². The lowest BCUT2D eigenvalue weighted by Crippen LogP contribution is -2.45. The molecular formula is C24H32N8O2. The second-order valence-electron chi connectivity index (χ2n) is 9.32. The van der Waals surface area contributed by atoms with Crippen LogP contribution in [0.15, 0.2) is 24.4 Å². The lowest BCUT2D eigenvalue weighted by atomic mass is 9.90. The first-order chi connectivity index (χ1) is 16.3. The fraction of sp³-hybridized carbons (Fsp3) is 0.458. The van der Waals surface area contributed by atoms with Crippen molar-refractivity contribution >= 4 is 41.2 Å². The summed E-state index contributed by atoms with van der Waals surface area (Å²) in [5.74, 6) is 1.74. The monoisotopic (exact) mass is 464 g/mol. The lowest BCUT2D eigenvalue weighted by Gasteiger charge is -2.35. The molecule has 10 heteroatoms. The third-order valence-electron chi connectivity index (χ3n) is 6.56. The van der Waals surface area contributed by atoms with Crippen LogP contribution < -0.4 is 25.2 Å². The molecular weight excluding hydrogens is 432 g/mol. The van der Waals surface area contributed by atoms with Crippen LogP contribution in [0.5, 0.6) is 5.75 Å². The normalized spacial score (nSPS) is 17.7. The van der Waals surface area contributed by atoms with E-state index < -0.39 is 5.41 Å². The summed E-state index contributed by atoms with van der Waals surface area (Å²) in [5, 5.41) is 22.6. The minimum atomic E-state index is -0.465. The molecule has 1 saturated carbocycles. The van der Waals surface area contributed by atoms with Crippen LogP contribution in [-0.4, -0.2) is 54.8 Å². The molecule has 0 radical (unpaired) electrons. The molecule has 1 aliphatic heterocycles. The molecule has 34 heavy (non-hydrogen) atoms. The van der Waals surface area contributed by atoms with Crippen molar-refractivity contribution in [1.82, 2.24) is 15.3 Å². The molecule has 1 fully saturated rings. The van der Waals surface area contributed by atoms with Crippen molar-refractivity contribution in [3.8, 4) is 5.75 Å². The first-order valence-electron chi connectivity index (χ1n) is 11.5. The molecule has 2 heterocycles. The van der Waals surface area contributed by atoms with Crippen molar-refractivity contribution in [2.75, 3.05) is 35.8 Å². The van der Waals surface area contributed by atoms with Gasteiger partial charge in [-0.3, -0.25) is 20.5 Å². The molecule has 2 aromatic rings. The topological polar surface area (TPSA) is 130 Å². The Morgan fingerprint density at radius 3 is 2.68 bits per heavy atom. The number of aromatic nitrogens is 2.